The monoisotopic (exact) mass is 427 g/mol. The number of piperazine rings is 1. The maximum Gasteiger partial charge on any atom is 0.165 e. The zero-order valence-electron chi connectivity index (χ0n) is 17.7. The van der Waals surface area contributed by atoms with Gasteiger partial charge in [-0.1, -0.05) is 0 Å². The van der Waals surface area contributed by atoms with Crippen molar-refractivity contribution >= 4 is 29.3 Å². The van der Waals surface area contributed by atoms with Gasteiger partial charge in [0.2, 0.25) is 0 Å². The first-order chi connectivity index (χ1) is 15.1. The van der Waals surface area contributed by atoms with Gasteiger partial charge in [0, 0.05) is 45.1 Å². The van der Waals surface area contributed by atoms with Gasteiger partial charge in [0.25, 0.3) is 0 Å². The summed E-state index contributed by atoms with van der Waals surface area (Å²) in [6.07, 6.45) is 5.06. The Morgan fingerprint density at radius 3 is 2.65 bits per heavy atom. The third kappa shape index (κ3) is 4.93. The van der Waals surface area contributed by atoms with E-state index in [9.17, 15) is 9.90 Å². The summed E-state index contributed by atoms with van der Waals surface area (Å²) in [5, 5.41) is 16.8. The first-order valence-corrected chi connectivity index (χ1v) is 10.5. The molecule has 2 aliphatic heterocycles. The average molecular weight is 428 g/mol. The second-order valence-electron chi connectivity index (χ2n) is 7.82. The van der Waals surface area contributed by atoms with Gasteiger partial charge < -0.3 is 25.8 Å². The molecule has 2 fully saturated rings. The third-order valence-electron chi connectivity index (χ3n) is 5.70. The first kappa shape index (κ1) is 21.4. The Bertz CT molecular complexity index is 923. The molecule has 4 heterocycles. The Morgan fingerprint density at radius 1 is 1.32 bits per heavy atom. The van der Waals surface area contributed by atoms with Crippen LogP contribution >= 0.6 is 0 Å². The molecule has 0 amide bonds. The number of ether oxygens (including phenoxy) is 1. The smallest absolute Gasteiger partial charge is 0.165 e. The first-order valence-electron chi connectivity index (χ1n) is 10.5. The number of aromatic nitrogens is 3. The van der Waals surface area contributed by atoms with Gasteiger partial charge in [-0.2, -0.15) is 0 Å². The number of carbonyl (C=O) groups is 1. The highest BCUT2D eigenvalue weighted by Crippen LogP contribution is 2.23. The Kier molecular flexibility index (Phi) is 6.62. The average Bonchev–Trinajstić information content (AvgIpc) is 3.14. The maximum atomic E-state index is 12.0. The van der Waals surface area contributed by atoms with Crippen LogP contribution in [0.5, 0.6) is 0 Å². The number of nitrogens with one attached hydrogen (secondary N) is 1. The summed E-state index contributed by atoms with van der Waals surface area (Å²) in [5.74, 6) is 0.897. The fourth-order valence-corrected chi connectivity index (χ4v) is 3.70. The fraction of sp³-hybridized carbons (Fsp3) is 0.476. The molecule has 0 aliphatic carbocycles. The molecular formula is C21H29N7O3. The predicted molar refractivity (Wildman–Crippen MR) is 119 cm³/mol. The molecule has 4 N–H and O–H groups in total. The lowest BCUT2D eigenvalue weighted by Gasteiger charge is -2.43. The zero-order valence-corrected chi connectivity index (χ0v) is 17.7. The van der Waals surface area contributed by atoms with Gasteiger partial charge >= 0.3 is 0 Å². The molecule has 0 saturated carbocycles. The van der Waals surface area contributed by atoms with Gasteiger partial charge in [-0.3, -0.25) is 9.69 Å². The van der Waals surface area contributed by atoms with E-state index in [1.165, 1.54) is 11.6 Å². The minimum atomic E-state index is -0.166. The highest BCUT2D eigenvalue weighted by Gasteiger charge is 2.28. The summed E-state index contributed by atoms with van der Waals surface area (Å²) in [6.45, 7) is 7.21. The molecule has 2 saturated heterocycles. The van der Waals surface area contributed by atoms with Gasteiger partial charge in [-0.05, 0) is 24.6 Å². The standard InChI is InChI=1S/C21H29N7O3/c1-15(30)19-11-28(10-16(8-22)12-29)25-21(19)24-20-3-2-17(9-23-20)26-4-6-27(7-5-26)18-13-31-14-18/h2-3,9-11,18,29H,4-8,12-14,22H2,1H3,(H,23,24,25)/b16-10-. The van der Waals surface area contributed by atoms with Crippen LogP contribution in [0, 0.1) is 0 Å². The normalized spacial score (nSPS) is 18.2. The number of anilines is 3. The zero-order chi connectivity index (χ0) is 21.8. The maximum absolute atomic E-state index is 12.0. The molecule has 0 spiro atoms. The lowest BCUT2D eigenvalue weighted by molar-refractivity contribution is -0.0660. The number of hydrogen-bond acceptors (Lipinski definition) is 9. The van der Waals surface area contributed by atoms with E-state index >= 15 is 0 Å². The van der Waals surface area contributed by atoms with E-state index in [2.05, 4.69) is 25.2 Å². The minimum Gasteiger partial charge on any atom is -0.392 e. The molecule has 4 rings (SSSR count). The minimum absolute atomic E-state index is 0.119. The van der Waals surface area contributed by atoms with Crippen LogP contribution in [0.4, 0.5) is 17.3 Å². The molecular weight excluding hydrogens is 398 g/mol. The van der Waals surface area contributed by atoms with Crippen LogP contribution in [0.3, 0.4) is 0 Å². The molecule has 2 aromatic heterocycles. The van der Waals surface area contributed by atoms with E-state index < -0.39 is 0 Å². The summed E-state index contributed by atoms with van der Waals surface area (Å²) in [7, 11) is 0. The molecule has 10 nitrogen and oxygen atoms in total. The van der Waals surface area contributed by atoms with E-state index in [4.69, 9.17) is 10.5 Å². The lowest BCUT2D eigenvalue weighted by Crippen LogP contribution is -2.56. The summed E-state index contributed by atoms with van der Waals surface area (Å²) >= 11 is 0. The SMILES string of the molecule is CC(=O)c1cn(/C=C(/CN)CO)nc1Nc1ccc(N2CCN(C3COC3)CC2)cn1. The molecule has 0 bridgehead atoms. The Morgan fingerprint density at radius 2 is 2.10 bits per heavy atom. The van der Waals surface area contributed by atoms with Crippen molar-refractivity contribution in [1.82, 2.24) is 19.7 Å². The van der Waals surface area contributed by atoms with Crippen LogP contribution in [-0.4, -0.2) is 89.1 Å². The van der Waals surface area contributed by atoms with Gasteiger partial charge in [-0.25, -0.2) is 9.67 Å². The van der Waals surface area contributed by atoms with E-state index in [-0.39, 0.29) is 18.9 Å². The van der Waals surface area contributed by atoms with Gasteiger partial charge in [-0.15, -0.1) is 5.10 Å². The Balaban J connectivity index is 1.42. The molecule has 10 heteroatoms. The van der Waals surface area contributed by atoms with Crippen LogP contribution in [-0.2, 0) is 4.74 Å². The van der Waals surface area contributed by atoms with Crippen molar-refractivity contribution in [2.45, 2.75) is 13.0 Å². The number of nitrogens with zero attached hydrogens (tertiary/aromatic N) is 5. The second kappa shape index (κ2) is 9.56. The largest absolute Gasteiger partial charge is 0.392 e. The molecule has 166 valence electrons. The summed E-state index contributed by atoms with van der Waals surface area (Å²) in [4.78, 5) is 21.4. The van der Waals surface area contributed by atoms with Crippen molar-refractivity contribution in [1.29, 1.82) is 0 Å². The third-order valence-corrected chi connectivity index (χ3v) is 5.70. The van der Waals surface area contributed by atoms with E-state index in [1.54, 1.807) is 12.4 Å². The fourth-order valence-electron chi connectivity index (χ4n) is 3.70. The number of ketones is 1. The van der Waals surface area contributed by atoms with Crippen molar-refractivity contribution in [2.75, 3.05) is 62.8 Å². The van der Waals surface area contributed by atoms with Crippen LogP contribution in [0.2, 0.25) is 0 Å². The van der Waals surface area contributed by atoms with Gasteiger partial charge in [0.1, 0.15) is 5.82 Å². The van der Waals surface area contributed by atoms with Crippen LogP contribution in [0.25, 0.3) is 6.20 Å². The van der Waals surface area contributed by atoms with Crippen LogP contribution in [0.15, 0.2) is 30.1 Å². The van der Waals surface area contributed by atoms with Crippen molar-refractivity contribution in [3.8, 4) is 0 Å². The molecule has 0 atom stereocenters. The van der Waals surface area contributed by atoms with Crippen LogP contribution in [0.1, 0.15) is 17.3 Å². The summed E-state index contributed by atoms with van der Waals surface area (Å²) in [5.41, 5.74) is 7.71. The number of carbonyl (C=O) groups excluding carboxylic acids is 1. The number of Topliss-reactive ketones (excluding diaryl/α,β-unsaturated/α-hetero) is 1. The lowest BCUT2D eigenvalue weighted by atomic mass is 10.2. The van der Waals surface area contributed by atoms with E-state index in [0.717, 1.165) is 45.1 Å². The van der Waals surface area contributed by atoms with Crippen molar-refractivity contribution in [3.63, 3.8) is 0 Å². The quantitative estimate of drug-likeness (QED) is 0.518. The number of aliphatic hydroxyl groups is 1. The summed E-state index contributed by atoms with van der Waals surface area (Å²) < 4.78 is 6.78. The number of aliphatic hydroxyl groups excluding tert-OH is 1. The number of nitrogens with two attached hydrogens (primary N) is 1. The van der Waals surface area contributed by atoms with E-state index in [0.29, 0.717) is 28.8 Å². The van der Waals surface area contributed by atoms with Crippen molar-refractivity contribution in [2.24, 2.45) is 5.73 Å². The summed E-state index contributed by atoms with van der Waals surface area (Å²) in [6, 6.07) is 4.50. The van der Waals surface area contributed by atoms with Gasteiger partial charge in [0.15, 0.2) is 11.6 Å². The predicted octanol–water partition coefficient (Wildman–Crippen LogP) is 0.537. The molecule has 2 aliphatic rings. The number of pyridine rings is 1. The van der Waals surface area contributed by atoms with Crippen molar-refractivity contribution in [3.05, 3.63) is 35.7 Å². The topological polar surface area (TPSA) is 122 Å². The molecule has 31 heavy (non-hydrogen) atoms. The molecule has 0 radical (unpaired) electrons. The number of hydrogen-bond donors (Lipinski definition) is 3. The molecule has 0 unspecified atom stereocenters. The molecule has 0 aromatic carbocycles. The Labute approximate surface area is 181 Å². The van der Waals surface area contributed by atoms with Crippen LogP contribution < -0.4 is 16.0 Å². The van der Waals surface area contributed by atoms with Gasteiger partial charge in [0.05, 0.1) is 43.3 Å². The highest BCUT2D eigenvalue weighted by atomic mass is 16.5. The Hall–Kier alpha value is -2.79. The number of rotatable bonds is 8. The molecule has 2 aromatic rings. The highest BCUT2D eigenvalue weighted by molar-refractivity contribution is 5.99. The second-order valence-corrected chi connectivity index (χ2v) is 7.82. The van der Waals surface area contributed by atoms with E-state index in [1.807, 2.05) is 18.3 Å². The van der Waals surface area contributed by atoms with Crippen molar-refractivity contribution < 1.29 is 14.6 Å².